The highest BCUT2D eigenvalue weighted by Crippen LogP contribution is 2.24. The number of carboxylic acids is 1. The maximum Gasteiger partial charge on any atom is 0.326 e. The summed E-state index contributed by atoms with van der Waals surface area (Å²) in [5.41, 5.74) is 6.32. The first kappa shape index (κ1) is 14.3. The average molecular weight is 277 g/mol. The number of nitrogens with two attached hydrogens (primary N) is 1. The zero-order valence-corrected chi connectivity index (χ0v) is 11.5. The molecular weight excluding hydrogens is 258 g/mol. The number of carbonyl (C=O) groups is 2. The normalized spacial score (nSPS) is 19.4. The van der Waals surface area contributed by atoms with E-state index >= 15 is 0 Å². The second-order valence-corrected chi connectivity index (χ2v) is 5.12. The minimum atomic E-state index is -0.851. The van der Waals surface area contributed by atoms with Gasteiger partial charge in [0.15, 0.2) is 0 Å². The second-order valence-electron chi connectivity index (χ2n) is 5.12. The molecule has 1 aromatic rings. The molecule has 1 saturated heterocycles. The number of aryl methyl sites for hydroxylation is 1. The highest BCUT2D eigenvalue weighted by Gasteiger charge is 2.28. The van der Waals surface area contributed by atoms with Gasteiger partial charge in [0.25, 0.3) is 0 Å². The molecule has 0 radical (unpaired) electrons. The van der Waals surface area contributed by atoms with Crippen LogP contribution >= 0.6 is 0 Å². The number of rotatable bonds is 3. The number of hydrogen-bond acceptors (Lipinski definition) is 4. The molecule has 0 aromatic carbocycles. The van der Waals surface area contributed by atoms with Crippen molar-refractivity contribution in [2.45, 2.75) is 38.6 Å². The zero-order chi connectivity index (χ0) is 14.7. The van der Waals surface area contributed by atoms with Crippen LogP contribution in [-0.4, -0.2) is 34.6 Å². The Balaban J connectivity index is 2.40. The lowest BCUT2D eigenvalue weighted by Crippen LogP contribution is -2.41. The van der Waals surface area contributed by atoms with Crippen LogP contribution in [0.15, 0.2) is 12.1 Å². The third-order valence-corrected chi connectivity index (χ3v) is 3.56. The van der Waals surface area contributed by atoms with E-state index in [1.807, 2.05) is 0 Å². The third-order valence-electron chi connectivity index (χ3n) is 3.56. The Bertz CT molecular complexity index is 530. The third kappa shape index (κ3) is 3.07. The molecule has 6 nitrogen and oxygen atoms in total. The summed E-state index contributed by atoms with van der Waals surface area (Å²) in [5.74, 6) is -0.859. The van der Waals surface area contributed by atoms with Crippen molar-refractivity contribution >= 4 is 17.7 Å². The van der Waals surface area contributed by atoms with Gasteiger partial charge >= 0.3 is 5.97 Å². The largest absolute Gasteiger partial charge is 0.480 e. The molecule has 2 heterocycles. The molecule has 0 spiro atoms. The lowest BCUT2D eigenvalue weighted by atomic mass is 10.1. The Morgan fingerprint density at radius 2 is 2.10 bits per heavy atom. The number of amides is 1. The monoisotopic (exact) mass is 277 g/mol. The van der Waals surface area contributed by atoms with Crippen molar-refractivity contribution in [1.82, 2.24) is 4.98 Å². The van der Waals surface area contributed by atoms with Gasteiger partial charge in [-0.05, 0) is 31.9 Å². The van der Waals surface area contributed by atoms with Gasteiger partial charge in [-0.2, -0.15) is 0 Å². The zero-order valence-electron chi connectivity index (χ0n) is 11.5. The fourth-order valence-corrected chi connectivity index (χ4v) is 2.58. The second kappa shape index (κ2) is 5.90. The molecule has 1 fully saturated rings. The van der Waals surface area contributed by atoms with Crippen LogP contribution in [0.4, 0.5) is 5.82 Å². The Hall–Kier alpha value is -2.11. The maximum atomic E-state index is 11.4. The summed E-state index contributed by atoms with van der Waals surface area (Å²) in [5, 5.41) is 9.38. The first-order chi connectivity index (χ1) is 9.49. The van der Waals surface area contributed by atoms with Crippen molar-refractivity contribution in [2.24, 2.45) is 5.73 Å². The fraction of sp³-hybridized carbons (Fsp3) is 0.500. The van der Waals surface area contributed by atoms with Crippen molar-refractivity contribution in [3.8, 4) is 0 Å². The van der Waals surface area contributed by atoms with E-state index in [0.29, 0.717) is 30.0 Å². The molecule has 20 heavy (non-hydrogen) atoms. The molecule has 1 aliphatic heterocycles. The molecule has 0 aliphatic carbocycles. The number of carboxylic acid groups (broad SMARTS) is 1. The Labute approximate surface area is 117 Å². The molecule has 0 saturated carbocycles. The van der Waals surface area contributed by atoms with Crippen LogP contribution in [0.3, 0.4) is 0 Å². The smallest absolute Gasteiger partial charge is 0.326 e. The summed E-state index contributed by atoms with van der Waals surface area (Å²) in [4.78, 5) is 28.9. The fourth-order valence-electron chi connectivity index (χ4n) is 2.58. The van der Waals surface area contributed by atoms with Crippen molar-refractivity contribution in [3.05, 3.63) is 23.4 Å². The summed E-state index contributed by atoms with van der Waals surface area (Å²) in [6.45, 7) is 2.40. The quantitative estimate of drug-likeness (QED) is 0.868. The Kier molecular flexibility index (Phi) is 4.22. The van der Waals surface area contributed by atoms with Gasteiger partial charge < -0.3 is 15.7 Å². The van der Waals surface area contributed by atoms with E-state index in [1.54, 1.807) is 24.0 Å². The van der Waals surface area contributed by atoms with Gasteiger partial charge in [-0.15, -0.1) is 0 Å². The summed E-state index contributed by atoms with van der Waals surface area (Å²) >= 11 is 0. The number of anilines is 1. The van der Waals surface area contributed by atoms with Crippen molar-refractivity contribution < 1.29 is 14.7 Å². The highest BCUT2D eigenvalue weighted by atomic mass is 16.4. The number of hydrogen-bond donors (Lipinski definition) is 2. The number of aromatic nitrogens is 1. The van der Waals surface area contributed by atoms with Crippen LogP contribution in [0.2, 0.25) is 0 Å². The van der Waals surface area contributed by atoms with Gasteiger partial charge in [0.05, 0.1) is 0 Å². The SMILES string of the molecule is Cc1cc(C(N)=O)cc(N2CCCCCC2C(=O)O)n1. The maximum absolute atomic E-state index is 11.4. The van der Waals surface area contributed by atoms with Crippen molar-refractivity contribution in [2.75, 3.05) is 11.4 Å². The standard InChI is InChI=1S/C14H19N3O3/c1-9-7-10(13(15)18)8-12(16-9)17-6-4-2-3-5-11(17)14(19)20/h7-8,11H,2-6H2,1H3,(H2,15,18)(H,19,20). The van der Waals surface area contributed by atoms with Gasteiger partial charge in [-0.25, -0.2) is 9.78 Å². The molecule has 2 rings (SSSR count). The number of carbonyl (C=O) groups excluding carboxylic acids is 1. The summed E-state index contributed by atoms with van der Waals surface area (Å²) < 4.78 is 0. The topological polar surface area (TPSA) is 96.5 Å². The molecule has 6 heteroatoms. The summed E-state index contributed by atoms with van der Waals surface area (Å²) in [7, 11) is 0. The van der Waals surface area contributed by atoms with Crippen molar-refractivity contribution in [1.29, 1.82) is 0 Å². The van der Waals surface area contributed by atoms with Gasteiger partial charge in [0.2, 0.25) is 5.91 Å². The van der Waals surface area contributed by atoms with Crippen molar-refractivity contribution in [3.63, 3.8) is 0 Å². The lowest BCUT2D eigenvalue weighted by molar-refractivity contribution is -0.138. The summed E-state index contributed by atoms with van der Waals surface area (Å²) in [6, 6.07) is 2.60. The molecule has 1 unspecified atom stereocenters. The minimum Gasteiger partial charge on any atom is -0.480 e. The average Bonchev–Trinajstić information content (AvgIpc) is 2.63. The van der Waals surface area contributed by atoms with E-state index < -0.39 is 17.9 Å². The number of nitrogens with zero attached hydrogens (tertiary/aromatic N) is 2. The predicted octanol–water partition coefficient (Wildman–Crippen LogP) is 1.32. The van der Waals surface area contributed by atoms with E-state index in [-0.39, 0.29) is 0 Å². The van der Waals surface area contributed by atoms with E-state index in [4.69, 9.17) is 5.73 Å². The van der Waals surface area contributed by atoms with Gasteiger partial charge in [0, 0.05) is 17.8 Å². The molecule has 108 valence electrons. The molecular formula is C14H19N3O3. The van der Waals surface area contributed by atoms with Crippen LogP contribution in [0, 0.1) is 6.92 Å². The highest BCUT2D eigenvalue weighted by molar-refractivity contribution is 5.93. The van der Waals surface area contributed by atoms with Crippen LogP contribution in [-0.2, 0) is 4.79 Å². The number of pyridine rings is 1. The molecule has 0 bridgehead atoms. The van der Waals surface area contributed by atoms with Crippen LogP contribution in [0.1, 0.15) is 41.7 Å². The van der Waals surface area contributed by atoms with Gasteiger partial charge in [-0.1, -0.05) is 12.8 Å². The lowest BCUT2D eigenvalue weighted by Gasteiger charge is -2.28. The van der Waals surface area contributed by atoms with Gasteiger partial charge in [-0.3, -0.25) is 4.79 Å². The van der Waals surface area contributed by atoms with E-state index in [2.05, 4.69) is 4.98 Å². The predicted molar refractivity (Wildman–Crippen MR) is 74.7 cm³/mol. The molecule has 3 N–H and O–H groups in total. The number of primary amides is 1. The molecule has 1 amide bonds. The first-order valence-corrected chi connectivity index (χ1v) is 6.77. The van der Waals surface area contributed by atoms with Crippen LogP contribution < -0.4 is 10.6 Å². The van der Waals surface area contributed by atoms with E-state index in [0.717, 1.165) is 19.3 Å². The van der Waals surface area contributed by atoms with Crippen LogP contribution in [0.5, 0.6) is 0 Å². The van der Waals surface area contributed by atoms with Gasteiger partial charge in [0.1, 0.15) is 11.9 Å². The van der Waals surface area contributed by atoms with Crippen LogP contribution in [0.25, 0.3) is 0 Å². The summed E-state index contributed by atoms with van der Waals surface area (Å²) in [6.07, 6.45) is 3.42. The van der Waals surface area contributed by atoms with E-state index in [1.165, 1.54) is 0 Å². The number of aliphatic carboxylic acids is 1. The molecule has 1 aromatic heterocycles. The Morgan fingerprint density at radius 3 is 2.75 bits per heavy atom. The Morgan fingerprint density at radius 1 is 1.35 bits per heavy atom. The van der Waals surface area contributed by atoms with E-state index in [9.17, 15) is 14.7 Å². The minimum absolute atomic E-state index is 0.362. The molecule has 1 aliphatic rings. The molecule has 1 atom stereocenters. The first-order valence-electron chi connectivity index (χ1n) is 6.77.